The van der Waals surface area contributed by atoms with Gasteiger partial charge in [-0.1, -0.05) is 48.0 Å². The van der Waals surface area contributed by atoms with Crippen LogP contribution in [0, 0.1) is 6.92 Å². The minimum Gasteiger partial charge on any atom is -0.497 e. The molecule has 0 aliphatic carbocycles. The van der Waals surface area contributed by atoms with Crippen LogP contribution in [0.4, 0.5) is 5.69 Å². The number of anilines is 1. The molecule has 1 aromatic heterocycles. The number of hydrogen-bond acceptors (Lipinski definition) is 4. The lowest BCUT2D eigenvalue weighted by atomic mass is 10.1. The summed E-state index contributed by atoms with van der Waals surface area (Å²) in [5.41, 5.74) is 7.16. The van der Waals surface area contributed by atoms with Crippen LogP contribution in [-0.2, 0) is 6.42 Å². The average molecular weight is 467 g/mol. The van der Waals surface area contributed by atoms with E-state index >= 15 is 0 Å². The minimum atomic E-state index is 0.910. The van der Waals surface area contributed by atoms with E-state index in [9.17, 15) is 0 Å². The summed E-state index contributed by atoms with van der Waals surface area (Å²) in [6.45, 7) is 7.55. The second kappa shape index (κ2) is 10.8. The standard InChI is InChI=1S/C30H34N4O/c1-24-10-12-25(13-11-24)30-23-26(31-34(30)28-8-4-3-5-9-28)7-6-18-32-19-21-33(22-20-32)27-14-16-29(35-2)17-15-27/h3-5,8-17,23H,6-7,18-22H2,1-2H3. The zero-order valence-corrected chi connectivity index (χ0v) is 20.7. The third-order valence-electron chi connectivity index (χ3n) is 6.83. The van der Waals surface area contributed by atoms with Gasteiger partial charge in [-0.2, -0.15) is 5.10 Å². The first-order valence-corrected chi connectivity index (χ1v) is 12.5. The first-order valence-electron chi connectivity index (χ1n) is 12.5. The summed E-state index contributed by atoms with van der Waals surface area (Å²) in [5.74, 6) is 0.910. The van der Waals surface area contributed by atoms with E-state index in [0.717, 1.165) is 68.4 Å². The van der Waals surface area contributed by atoms with E-state index in [1.807, 2.05) is 18.2 Å². The molecule has 1 saturated heterocycles. The Balaban J connectivity index is 1.20. The van der Waals surface area contributed by atoms with Gasteiger partial charge in [0.05, 0.1) is 24.2 Å². The number of aromatic nitrogens is 2. The van der Waals surface area contributed by atoms with Crippen LogP contribution in [0.1, 0.15) is 17.7 Å². The van der Waals surface area contributed by atoms with Crippen LogP contribution in [0.25, 0.3) is 16.9 Å². The summed E-state index contributed by atoms with van der Waals surface area (Å²) in [4.78, 5) is 5.04. The molecule has 4 aromatic rings. The second-order valence-corrected chi connectivity index (χ2v) is 9.26. The van der Waals surface area contributed by atoms with Gasteiger partial charge in [0.1, 0.15) is 5.75 Å². The predicted molar refractivity (Wildman–Crippen MR) is 144 cm³/mol. The van der Waals surface area contributed by atoms with Gasteiger partial charge >= 0.3 is 0 Å². The molecule has 1 fully saturated rings. The monoisotopic (exact) mass is 466 g/mol. The van der Waals surface area contributed by atoms with Gasteiger partial charge in [-0.05, 0) is 68.8 Å². The molecule has 180 valence electrons. The highest BCUT2D eigenvalue weighted by atomic mass is 16.5. The quantitative estimate of drug-likeness (QED) is 0.338. The molecule has 0 unspecified atom stereocenters. The maximum atomic E-state index is 5.28. The van der Waals surface area contributed by atoms with Gasteiger partial charge in [0, 0.05) is 37.4 Å². The maximum absolute atomic E-state index is 5.28. The summed E-state index contributed by atoms with van der Waals surface area (Å²) in [6.07, 6.45) is 2.10. The highest BCUT2D eigenvalue weighted by Crippen LogP contribution is 2.25. The average Bonchev–Trinajstić information content (AvgIpc) is 3.34. The van der Waals surface area contributed by atoms with E-state index in [-0.39, 0.29) is 0 Å². The van der Waals surface area contributed by atoms with E-state index < -0.39 is 0 Å². The van der Waals surface area contributed by atoms with Crippen LogP contribution in [0.5, 0.6) is 5.75 Å². The third kappa shape index (κ3) is 5.57. The SMILES string of the molecule is COc1ccc(N2CCN(CCCc3cc(-c4ccc(C)cc4)n(-c4ccccc4)n3)CC2)cc1. The number of ether oxygens (including phenoxy) is 1. The Morgan fingerprint density at radius 1 is 0.800 bits per heavy atom. The lowest BCUT2D eigenvalue weighted by Crippen LogP contribution is -2.46. The molecule has 5 nitrogen and oxygen atoms in total. The molecule has 1 aliphatic rings. The number of nitrogens with zero attached hydrogens (tertiary/aromatic N) is 4. The van der Waals surface area contributed by atoms with Crippen molar-refractivity contribution in [1.82, 2.24) is 14.7 Å². The zero-order valence-electron chi connectivity index (χ0n) is 20.7. The lowest BCUT2D eigenvalue weighted by molar-refractivity contribution is 0.255. The van der Waals surface area contributed by atoms with Crippen LogP contribution < -0.4 is 9.64 Å². The number of para-hydroxylation sites is 1. The highest BCUT2D eigenvalue weighted by Gasteiger charge is 2.18. The van der Waals surface area contributed by atoms with Gasteiger partial charge in [-0.3, -0.25) is 4.90 Å². The van der Waals surface area contributed by atoms with Crippen LogP contribution in [0.15, 0.2) is 84.9 Å². The van der Waals surface area contributed by atoms with Crippen molar-refractivity contribution in [2.45, 2.75) is 19.8 Å². The number of hydrogen-bond donors (Lipinski definition) is 0. The van der Waals surface area contributed by atoms with Gasteiger partial charge < -0.3 is 9.64 Å². The van der Waals surface area contributed by atoms with Crippen LogP contribution in [0.3, 0.4) is 0 Å². The molecule has 0 spiro atoms. The van der Waals surface area contributed by atoms with Crippen molar-refractivity contribution >= 4 is 5.69 Å². The number of rotatable bonds is 8. The van der Waals surface area contributed by atoms with Crippen molar-refractivity contribution in [3.8, 4) is 22.7 Å². The smallest absolute Gasteiger partial charge is 0.119 e. The molecule has 0 atom stereocenters. The zero-order chi connectivity index (χ0) is 24.0. The molecule has 3 aromatic carbocycles. The van der Waals surface area contributed by atoms with Crippen molar-refractivity contribution in [1.29, 1.82) is 0 Å². The molecule has 5 heteroatoms. The highest BCUT2D eigenvalue weighted by molar-refractivity contribution is 5.63. The van der Waals surface area contributed by atoms with Crippen LogP contribution in [-0.4, -0.2) is 54.5 Å². The molecular formula is C30H34N4O. The molecule has 0 N–H and O–H groups in total. The van der Waals surface area contributed by atoms with Crippen molar-refractivity contribution in [2.75, 3.05) is 44.7 Å². The van der Waals surface area contributed by atoms with Crippen molar-refractivity contribution in [3.05, 3.63) is 96.2 Å². The predicted octanol–water partition coefficient (Wildman–Crippen LogP) is 5.61. The third-order valence-corrected chi connectivity index (χ3v) is 6.83. The largest absolute Gasteiger partial charge is 0.497 e. The van der Waals surface area contributed by atoms with Crippen LogP contribution >= 0.6 is 0 Å². The van der Waals surface area contributed by atoms with Gasteiger partial charge in [0.25, 0.3) is 0 Å². The molecule has 0 saturated carbocycles. The molecule has 0 amide bonds. The second-order valence-electron chi connectivity index (χ2n) is 9.26. The number of methoxy groups -OCH3 is 1. The van der Waals surface area contributed by atoms with E-state index in [0.29, 0.717) is 0 Å². The van der Waals surface area contributed by atoms with Gasteiger partial charge in [0.15, 0.2) is 0 Å². The Bertz CT molecular complexity index is 1210. The first kappa shape index (κ1) is 23.2. The summed E-state index contributed by atoms with van der Waals surface area (Å²) < 4.78 is 7.38. The van der Waals surface area contributed by atoms with Gasteiger partial charge in [0.2, 0.25) is 0 Å². The normalized spacial score (nSPS) is 14.3. The summed E-state index contributed by atoms with van der Waals surface area (Å²) in [5, 5.41) is 5.01. The molecule has 0 radical (unpaired) electrons. The molecule has 5 rings (SSSR count). The molecular weight excluding hydrogens is 432 g/mol. The van der Waals surface area contributed by atoms with Crippen molar-refractivity contribution in [2.24, 2.45) is 0 Å². The fourth-order valence-electron chi connectivity index (χ4n) is 4.75. The van der Waals surface area contributed by atoms with E-state index in [4.69, 9.17) is 9.84 Å². The summed E-state index contributed by atoms with van der Waals surface area (Å²) in [6, 6.07) is 29.8. The molecule has 2 heterocycles. The Kier molecular flexibility index (Phi) is 7.15. The maximum Gasteiger partial charge on any atom is 0.119 e. The lowest BCUT2D eigenvalue weighted by Gasteiger charge is -2.36. The van der Waals surface area contributed by atoms with Gasteiger partial charge in [-0.25, -0.2) is 4.68 Å². The molecule has 1 aliphatic heterocycles. The van der Waals surface area contributed by atoms with Crippen LogP contribution in [0.2, 0.25) is 0 Å². The van der Waals surface area contributed by atoms with E-state index in [1.165, 1.54) is 16.8 Å². The first-order chi connectivity index (χ1) is 17.2. The summed E-state index contributed by atoms with van der Waals surface area (Å²) >= 11 is 0. The fourth-order valence-corrected chi connectivity index (χ4v) is 4.75. The minimum absolute atomic E-state index is 0.910. The Morgan fingerprint density at radius 3 is 2.20 bits per heavy atom. The molecule has 35 heavy (non-hydrogen) atoms. The Labute approximate surface area is 208 Å². The Hall–Kier alpha value is -3.57. The number of benzene rings is 3. The number of aryl methyl sites for hydroxylation is 2. The van der Waals surface area contributed by atoms with E-state index in [1.54, 1.807) is 7.11 Å². The number of piperazine rings is 1. The van der Waals surface area contributed by atoms with E-state index in [2.05, 4.69) is 88.1 Å². The Morgan fingerprint density at radius 2 is 1.51 bits per heavy atom. The summed E-state index contributed by atoms with van der Waals surface area (Å²) in [7, 11) is 1.71. The van der Waals surface area contributed by atoms with Crippen molar-refractivity contribution < 1.29 is 4.74 Å². The van der Waals surface area contributed by atoms with Crippen molar-refractivity contribution in [3.63, 3.8) is 0 Å². The fraction of sp³-hybridized carbons (Fsp3) is 0.300. The topological polar surface area (TPSA) is 33.5 Å². The molecule has 0 bridgehead atoms. The van der Waals surface area contributed by atoms with Gasteiger partial charge in [-0.15, -0.1) is 0 Å².